The Morgan fingerprint density at radius 3 is 1.96 bits per heavy atom. The molecule has 14 nitrogen and oxygen atoms in total. The third-order valence-electron chi connectivity index (χ3n) is 8.79. The van der Waals surface area contributed by atoms with Gasteiger partial charge in [0, 0.05) is 48.2 Å². The van der Waals surface area contributed by atoms with Crippen molar-refractivity contribution in [1.29, 1.82) is 0 Å². The van der Waals surface area contributed by atoms with Crippen molar-refractivity contribution in [3.05, 3.63) is 90.3 Å². The van der Waals surface area contributed by atoms with Crippen LogP contribution in [0.5, 0.6) is 0 Å². The average Bonchev–Trinajstić information content (AvgIpc) is 3.32. The lowest BCUT2D eigenvalue weighted by molar-refractivity contribution is -0.432. The minimum atomic E-state index is -4.55. The SMILES string of the molecule is CC(/C=C/C=C1/N(CCS(=O)(=O)O)c2ccc(S(=O)(=O)O)c([124I])c2C1(C)C)=C\C=C\C1=[N+](CCS(=O)(=O)O)c2ccc(S(=O)(=O)O)c([123I])c2C1(C)C. The molecular formula is C32H37I2N2O12S4+. The zero-order valence-electron chi connectivity index (χ0n) is 28.4. The molecule has 0 amide bonds. The van der Waals surface area contributed by atoms with Gasteiger partial charge in [0.1, 0.15) is 15.5 Å². The lowest BCUT2D eigenvalue weighted by Gasteiger charge is -2.26. The molecule has 0 fully saturated rings. The van der Waals surface area contributed by atoms with Gasteiger partial charge in [-0.25, -0.2) is 0 Å². The Balaban J connectivity index is 1.73. The van der Waals surface area contributed by atoms with Crippen LogP contribution in [0, 0.1) is 7.14 Å². The quantitative estimate of drug-likeness (QED) is 0.0921. The van der Waals surface area contributed by atoms with Gasteiger partial charge in [0.2, 0.25) is 5.69 Å². The molecule has 0 saturated heterocycles. The van der Waals surface area contributed by atoms with Crippen LogP contribution in [-0.4, -0.2) is 86.8 Å². The first kappa shape index (κ1) is 42.7. The number of allylic oxidation sites excluding steroid dienone is 8. The molecule has 2 heterocycles. The van der Waals surface area contributed by atoms with Gasteiger partial charge in [-0.3, -0.25) is 18.2 Å². The van der Waals surface area contributed by atoms with Crippen LogP contribution in [0.15, 0.2) is 81.8 Å². The van der Waals surface area contributed by atoms with Crippen LogP contribution in [0.25, 0.3) is 0 Å². The summed E-state index contributed by atoms with van der Waals surface area (Å²) >= 11 is 3.68. The van der Waals surface area contributed by atoms with E-state index in [4.69, 9.17) is 0 Å². The first-order chi connectivity index (χ1) is 23.6. The Morgan fingerprint density at radius 2 is 1.40 bits per heavy atom. The molecule has 0 radical (unpaired) electrons. The lowest BCUT2D eigenvalue weighted by atomic mass is 9.81. The van der Waals surface area contributed by atoms with E-state index < -0.39 is 62.8 Å². The summed E-state index contributed by atoms with van der Waals surface area (Å²) in [5.41, 5.74) is 2.40. The second-order valence-corrected chi connectivity index (χ2v) is 21.3. The van der Waals surface area contributed by atoms with Crippen molar-refractivity contribution in [2.45, 2.75) is 55.2 Å². The van der Waals surface area contributed by atoms with E-state index in [9.17, 15) is 51.9 Å². The molecule has 2 aromatic rings. The van der Waals surface area contributed by atoms with Gasteiger partial charge in [0.05, 0.1) is 16.7 Å². The molecule has 2 aliphatic heterocycles. The summed E-state index contributed by atoms with van der Waals surface area (Å²) in [6, 6.07) is 5.45. The normalized spacial score (nSPS) is 18.6. The third-order valence-corrected chi connectivity index (χ3v) is 15.0. The highest BCUT2D eigenvalue weighted by Crippen LogP contribution is 2.51. The number of hydrogen-bond acceptors (Lipinski definition) is 9. The topological polar surface area (TPSA) is 224 Å². The summed E-state index contributed by atoms with van der Waals surface area (Å²) in [6.07, 6.45) is 10.5. The largest absolute Gasteiger partial charge is 0.343 e. The van der Waals surface area contributed by atoms with Crippen molar-refractivity contribution in [1.82, 2.24) is 0 Å². The van der Waals surface area contributed by atoms with Gasteiger partial charge in [-0.2, -0.15) is 38.2 Å². The second kappa shape index (κ2) is 14.9. The molecule has 52 heavy (non-hydrogen) atoms. The van der Waals surface area contributed by atoms with Gasteiger partial charge >= 0.3 is 0 Å². The molecule has 0 unspecified atom stereocenters. The van der Waals surface area contributed by atoms with Crippen LogP contribution in [0.4, 0.5) is 11.4 Å². The maximum atomic E-state index is 12.1. The first-order valence-corrected chi connectivity index (χ1v) is 23.5. The fourth-order valence-corrected chi connectivity index (χ4v) is 12.3. The van der Waals surface area contributed by atoms with Crippen molar-refractivity contribution < 1.29 is 56.5 Å². The van der Waals surface area contributed by atoms with Crippen LogP contribution in [0.1, 0.15) is 45.7 Å². The lowest BCUT2D eigenvalue weighted by Crippen LogP contribution is -2.30. The van der Waals surface area contributed by atoms with E-state index in [1.807, 2.05) is 79.8 Å². The van der Waals surface area contributed by atoms with E-state index in [1.165, 1.54) is 24.3 Å². The van der Waals surface area contributed by atoms with Crippen LogP contribution in [-0.2, 0) is 51.3 Å². The van der Waals surface area contributed by atoms with E-state index in [0.717, 1.165) is 5.57 Å². The minimum Gasteiger partial charge on any atom is -0.343 e. The molecule has 0 aliphatic carbocycles. The highest BCUT2D eigenvalue weighted by atomic mass is 124. The number of fused-ring (bicyclic) bond motifs is 2. The van der Waals surface area contributed by atoms with E-state index in [0.29, 0.717) is 33.9 Å². The fraction of sp³-hybridized carbons (Fsp3) is 0.344. The molecule has 0 atom stereocenters. The summed E-state index contributed by atoms with van der Waals surface area (Å²) in [7, 11) is -17.8. The number of rotatable bonds is 12. The molecular weight excluding hydrogens is 979 g/mol. The Hall–Kier alpha value is -2.03. The summed E-state index contributed by atoms with van der Waals surface area (Å²) in [5, 5.41) is 0. The summed E-state index contributed by atoms with van der Waals surface area (Å²) in [6.45, 7) is 8.84. The molecule has 284 valence electrons. The minimum absolute atomic E-state index is 0.136. The molecule has 0 aromatic heterocycles. The Labute approximate surface area is 331 Å². The van der Waals surface area contributed by atoms with Gasteiger partial charge in [0.15, 0.2) is 12.3 Å². The van der Waals surface area contributed by atoms with Gasteiger partial charge in [-0.05, 0) is 90.2 Å². The maximum absolute atomic E-state index is 12.1. The first-order valence-electron chi connectivity index (χ1n) is 15.3. The van der Waals surface area contributed by atoms with Gasteiger partial charge in [-0.1, -0.05) is 43.7 Å². The van der Waals surface area contributed by atoms with Crippen LogP contribution >= 0.6 is 45.2 Å². The monoisotopic (exact) mass is 1020 g/mol. The van der Waals surface area contributed by atoms with Gasteiger partial charge in [-0.15, -0.1) is 0 Å². The molecule has 2 aliphatic rings. The third kappa shape index (κ3) is 9.08. The van der Waals surface area contributed by atoms with E-state index >= 15 is 0 Å². The van der Waals surface area contributed by atoms with Crippen molar-refractivity contribution in [2.75, 3.05) is 29.5 Å². The number of nitrogens with zero attached hydrogens (tertiary/aromatic N) is 2. The molecule has 0 saturated carbocycles. The molecule has 20 heteroatoms. The van der Waals surface area contributed by atoms with Gasteiger partial charge < -0.3 is 4.90 Å². The number of anilines is 1. The molecule has 2 aromatic carbocycles. The summed E-state index contributed by atoms with van der Waals surface area (Å²) < 4.78 is 136. The summed E-state index contributed by atoms with van der Waals surface area (Å²) in [5.74, 6) is -1.19. The Morgan fingerprint density at radius 1 is 0.827 bits per heavy atom. The van der Waals surface area contributed by atoms with E-state index in [-0.39, 0.29) is 30.0 Å². The fourth-order valence-electron chi connectivity index (χ4n) is 6.45. The molecule has 0 spiro atoms. The van der Waals surface area contributed by atoms with E-state index in [1.54, 1.807) is 45.9 Å². The van der Waals surface area contributed by atoms with Crippen LogP contribution < -0.4 is 4.90 Å². The maximum Gasteiger partial charge on any atom is 0.295 e. The predicted molar refractivity (Wildman–Crippen MR) is 214 cm³/mol. The Bertz CT molecular complexity index is 2450. The van der Waals surface area contributed by atoms with Crippen molar-refractivity contribution in [3.8, 4) is 0 Å². The molecule has 4 N–H and O–H groups in total. The predicted octanol–water partition coefficient (Wildman–Crippen LogP) is 5.28. The molecule has 0 bridgehead atoms. The number of halogens is 2. The average molecular weight is 1020 g/mol. The van der Waals surface area contributed by atoms with Crippen molar-refractivity contribution >= 4 is 103 Å². The highest BCUT2D eigenvalue weighted by Gasteiger charge is 2.47. The van der Waals surface area contributed by atoms with Crippen LogP contribution in [0.3, 0.4) is 0 Å². The Kier molecular flexibility index (Phi) is 12.2. The standard InChI is InChI=1S/C32H36I2N2O12S4/c1-20(8-6-10-25-31(2,3)27-21(35(25)16-18-49(37,38)39)12-14-23(29(27)33)51(43,44)45)9-7-11-26-32(4,5)28-22(36(26)17-19-50(40,41)42)13-15-24(30(28)34)52(46,47)48/h6-15H,16-19H2,1-5H3,(H3-,37,38,39,40,41,42,43,44,45,46,47,48)/p+1/i33-4,34-3. The second-order valence-electron chi connectivity index (χ2n) is 13.2. The van der Waals surface area contributed by atoms with Gasteiger partial charge in [0.25, 0.3) is 40.5 Å². The number of benzene rings is 2. The molecule has 4 rings (SSSR count). The highest BCUT2D eigenvalue weighted by molar-refractivity contribution is 14.1. The zero-order chi connectivity index (χ0) is 39.4. The summed E-state index contributed by atoms with van der Waals surface area (Å²) in [4.78, 5) is 1.11. The number of hydrogen-bond donors (Lipinski definition) is 4. The zero-order valence-corrected chi connectivity index (χ0v) is 36.0. The van der Waals surface area contributed by atoms with Crippen LogP contribution in [0.2, 0.25) is 0 Å². The van der Waals surface area contributed by atoms with E-state index in [2.05, 4.69) is 0 Å². The van der Waals surface area contributed by atoms with Crippen molar-refractivity contribution in [2.24, 2.45) is 0 Å². The smallest absolute Gasteiger partial charge is 0.295 e. The van der Waals surface area contributed by atoms with Crippen molar-refractivity contribution in [3.63, 3.8) is 0 Å².